The Kier molecular flexibility index (Phi) is 5.16. The molecular weight excluding hydrogens is 381 g/mol. The number of thiazole rings is 1. The Hall–Kier alpha value is -3.07. The van der Waals surface area contributed by atoms with Crippen LogP contribution in [0.25, 0.3) is 5.13 Å². The van der Waals surface area contributed by atoms with Crippen molar-refractivity contribution in [2.75, 3.05) is 18.0 Å². The minimum atomic E-state index is -0.410. The number of carbonyl (C=O) groups excluding carboxylic acids is 2. The van der Waals surface area contributed by atoms with Crippen LogP contribution in [0.2, 0.25) is 0 Å². The Bertz CT molecular complexity index is 971. The molecule has 7 nitrogen and oxygen atoms in total. The zero-order valence-electron chi connectivity index (χ0n) is 14.9. The summed E-state index contributed by atoms with van der Waals surface area (Å²) in [5, 5.41) is 9.75. The summed E-state index contributed by atoms with van der Waals surface area (Å²) in [6.07, 6.45) is 4.28. The molecule has 1 aliphatic heterocycles. The highest BCUT2D eigenvalue weighted by Gasteiger charge is 2.34. The van der Waals surface area contributed by atoms with E-state index in [-0.39, 0.29) is 24.1 Å². The summed E-state index contributed by atoms with van der Waals surface area (Å²) >= 11 is 1.49. The third-order valence-electron chi connectivity index (χ3n) is 4.55. The molecule has 0 aliphatic carbocycles. The maximum atomic E-state index is 13.1. The maximum Gasteiger partial charge on any atom is 0.227 e. The molecule has 9 heteroatoms. The van der Waals surface area contributed by atoms with Crippen molar-refractivity contribution in [2.24, 2.45) is 5.92 Å². The number of carbonyl (C=O) groups is 2. The van der Waals surface area contributed by atoms with Crippen molar-refractivity contribution in [1.82, 2.24) is 20.1 Å². The van der Waals surface area contributed by atoms with Crippen molar-refractivity contribution < 1.29 is 14.0 Å². The molecule has 0 bridgehead atoms. The highest BCUT2D eigenvalue weighted by Crippen LogP contribution is 2.25. The van der Waals surface area contributed by atoms with Crippen molar-refractivity contribution in [3.8, 4) is 5.13 Å². The van der Waals surface area contributed by atoms with Gasteiger partial charge in [0.1, 0.15) is 5.82 Å². The normalized spacial score (nSPS) is 16.5. The Morgan fingerprint density at radius 2 is 2.14 bits per heavy atom. The van der Waals surface area contributed by atoms with E-state index in [0.717, 1.165) is 10.8 Å². The number of nitrogens with zero attached hydrogens (tertiary/aromatic N) is 4. The van der Waals surface area contributed by atoms with Gasteiger partial charge in [0.2, 0.25) is 16.9 Å². The van der Waals surface area contributed by atoms with Gasteiger partial charge in [-0.15, -0.1) is 11.3 Å². The lowest BCUT2D eigenvalue weighted by molar-refractivity contribution is -0.126. The molecule has 3 aromatic rings. The quantitative estimate of drug-likeness (QED) is 0.689. The summed E-state index contributed by atoms with van der Waals surface area (Å²) < 4.78 is 14.8. The Balaban J connectivity index is 1.28. The lowest BCUT2D eigenvalue weighted by atomic mass is 10.1. The maximum absolute atomic E-state index is 13.1. The number of hydrogen-bond acceptors (Lipinski definition) is 5. The van der Waals surface area contributed by atoms with Crippen LogP contribution in [-0.2, 0) is 16.0 Å². The van der Waals surface area contributed by atoms with Crippen LogP contribution >= 0.6 is 11.3 Å². The molecule has 0 radical (unpaired) electrons. The SMILES string of the molecule is O=C(NCCc1csc(-n2cccn2)n1)[C@H]1CC(=O)N(c2ccc(F)cc2)C1. The van der Waals surface area contributed by atoms with Gasteiger partial charge < -0.3 is 10.2 Å². The molecule has 1 saturated heterocycles. The second kappa shape index (κ2) is 7.89. The summed E-state index contributed by atoms with van der Waals surface area (Å²) in [5.74, 6) is -1.05. The largest absolute Gasteiger partial charge is 0.355 e. The summed E-state index contributed by atoms with van der Waals surface area (Å²) in [7, 11) is 0. The van der Waals surface area contributed by atoms with Crippen LogP contribution in [0.5, 0.6) is 0 Å². The van der Waals surface area contributed by atoms with Crippen LogP contribution in [0, 0.1) is 11.7 Å². The van der Waals surface area contributed by atoms with Gasteiger partial charge in [-0.1, -0.05) is 0 Å². The lowest BCUT2D eigenvalue weighted by Gasteiger charge is -2.16. The number of halogens is 1. The van der Waals surface area contributed by atoms with E-state index >= 15 is 0 Å². The van der Waals surface area contributed by atoms with E-state index in [4.69, 9.17) is 0 Å². The van der Waals surface area contributed by atoms with Gasteiger partial charge in [-0.05, 0) is 30.3 Å². The van der Waals surface area contributed by atoms with E-state index in [1.165, 1.54) is 28.4 Å². The van der Waals surface area contributed by atoms with E-state index in [1.54, 1.807) is 23.0 Å². The lowest BCUT2D eigenvalue weighted by Crippen LogP contribution is -2.34. The minimum absolute atomic E-state index is 0.130. The van der Waals surface area contributed by atoms with E-state index in [0.29, 0.717) is 25.2 Å². The topological polar surface area (TPSA) is 80.1 Å². The fourth-order valence-corrected chi connectivity index (χ4v) is 3.91. The standard InChI is InChI=1S/C19H18FN5O2S/c20-14-2-4-16(5-3-14)24-11-13(10-17(24)26)18(27)21-8-6-15-12-28-19(23-15)25-9-1-7-22-25/h1-5,7,9,12-13H,6,8,10-11H2,(H,21,27)/t13-/m0/s1. The third-order valence-corrected chi connectivity index (χ3v) is 5.43. The first-order valence-electron chi connectivity index (χ1n) is 8.88. The second-order valence-electron chi connectivity index (χ2n) is 6.49. The van der Waals surface area contributed by atoms with Crippen molar-refractivity contribution in [3.63, 3.8) is 0 Å². The zero-order valence-corrected chi connectivity index (χ0v) is 15.7. The van der Waals surface area contributed by atoms with Gasteiger partial charge >= 0.3 is 0 Å². The summed E-state index contributed by atoms with van der Waals surface area (Å²) in [4.78, 5) is 30.7. The first kappa shape index (κ1) is 18.3. The van der Waals surface area contributed by atoms with E-state index in [1.807, 2.05) is 17.6 Å². The predicted octanol–water partition coefficient (Wildman–Crippen LogP) is 2.18. The van der Waals surface area contributed by atoms with Gasteiger partial charge in [0, 0.05) is 49.4 Å². The number of amides is 2. The number of hydrogen-bond donors (Lipinski definition) is 1. The molecule has 28 heavy (non-hydrogen) atoms. The van der Waals surface area contributed by atoms with Crippen LogP contribution in [-0.4, -0.2) is 39.7 Å². The highest BCUT2D eigenvalue weighted by atomic mass is 32.1. The molecule has 0 saturated carbocycles. The molecule has 1 atom stereocenters. The van der Waals surface area contributed by atoms with E-state index < -0.39 is 5.92 Å². The van der Waals surface area contributed by atoms with Gasteiger partial charge in [-0.25, -0.2) is 14.1 Å². The summed E-state index contributed by atoms with van der Waals surface area (Å²) in [6, 6.07) is 7.54. The van der Waals surface area contributed by atoms with Gasteiger partial charge in [0.25, 0.3) is 0 Å². The average Bonchev–Trinajstić information content (AvgIpc) is 3.43. The first-order chi connectivity index (χ1) is 13.6. The Morgan fingerprint density at radius 1 is 1.32 bits per heavy atom. The van der Waals surface area contributed by atoms with Crippen molar-refractivity contribution >= 4 is 28.8 Å². The molecule has 1 N–H and O–H groups in total. The minimum Gasteiger partial charge on any atom is -0.355 e. The van der Waals surface area contributed by atoms with Crippen LogP contribution in [0.4, 0.5) is 10.1 Å². The molecule has 1 aliphatic rings. The molecule has 3 heterocycles. The Morgan fingerprint density at radius 3 is 2.89 bits per heavy atom. The van der Waals surface area contributed by atoms with Gasteiger partial charge in [-0.2, -0.15) is 5.10 Å². The monoisotopic (exact) mass is 399 g/mol. The summed E-state index contributed by atoms with van der Waals surface area (Å²) in [6.45, 7) is 0.749. The third kappa shape index (κ3) is 3.94. The number of aromatic nitrogens is 3. The number of rotatable bonds is 6. The van der Waals surface area contributed by atoms with Crippen molar-refractivity contribution in [3.05, 3.63) is 59.6 Å². The number of benzene rings is 1. The summed E-state index contributed by atoms with van der Waals surface area (Å²) in [5.41, 5.74) is 1.49. The van der Waals surface area contributed by atoms with Crippen LogP contribution < -0.4 is 10.2 Å². The molecule has 2 aromatic heterocycles. The van der Waals surface area contributed by atoms with Crippen LogP contribution in [0.3, 0.4) is 0 Å². The molecule has 2 amide bonds. The zero-order chi connectivity index (χ0) is 19.5. The van der Waals surface area contributed by atoms with Crippen LogP contribution in [0.1, 0.15) is 12.1 Å². The van der Waals surface area contributed by atoms with E-state index in [9.17, 15) is 14.0 Å². The van der Waals surface area contributed by atoms with Crippen molar-refractivity contribution in [1.29, 1.82) is 0 Å². The van der Waals surface area contributed by atoms with Gasteiger partial charge in [0.15, 0.2) is 0 Å². The molecular formula is C19H18FN5O2S. The molecule has 1 fully saturated rings. The number of nitrogens with one attached hydrogen (secondary N) is 1. The molecule has 144 valence electrons. The molecule has 0 unspecified atom stereocenters. The Labute approximate surface area is 164 Å². The molecule has 1 aromatic carbocycles. The van der Waals surface area contributed by atoms with Gasteiger partial charge in [-0.3, -0.25) is 9.59 Å². The first-order valence-corrected chi connectivity index (χ1v) is 9.76. The smallest absolute Gasteiger partial charge is 0.227 e. The number of anilines is 1. The van der Waals surface area contributed by atoms with Gasteiger partial charge in [0.05, 0.1) is 11.6 Å². The predicted molar refractivity (Wildman–Crippen MR) is 103 cm³/mol. The molecule has 0 spiro atoms. The fourth-order valence-electron chi connectivity index (χ4n) is 3.11. The van der Waals surface area contributed by atoms with Crippen molar-refractivity contribution in [2.45, 2.75) is 12.8 Å². The average molecular weight is 399 g/mol. The fraction of sp³-hybridized carbons (Fsp3) is 0.263. The van der Waals surface area contributed by atoms with E-state index in [2.05, 4.69) is 15.4 Å². The molecule has 4 rings (SSSR count). The second-order valence-corrected chi connectivity index (χ2v) is 7.33. The highest BCUT2D eigenvalue weighted by molar-refractivity contribution is 7.12. The van der Waals surface area contributed by atoms with Crippen LogP contribution in [0.15, 0.2) is 48.1 Å².